The Morgan fingerprint density at radius 1 is 1.30 bits per heavy atom. The third-order valence-corrected chi connectivity index (χ3v) is 3.96. The van der Waals surface area contributed by atoms with Crippen LogP contribution in [0.2, 0.25) is 0 Å². The lowest BCUT2D eigenvalue weighted by Crippen LogP contribution is -2.33. The van der Waals surface area contributed by atoms with Crippen LogP contribution in [0.5, 0.6) is 0 Å². The molecule has 1 fully saturated rings. The van der Waals surface area contributed by atoms with Gasteiger partial charge in [0, 0.05) is 25.0 Å². The number of aryl methyl sites for hydroxylation is 2. The summed E-state index contributed by atoms with van der Waals surface area (Å²) in [5.74, 6) is -0.352. The molecule has 1 heterocycles. The van der Waals surface area contributed by atoms with Crippen molar-refractivity contribution in [2.45, 2.75) is 26.7 Å². The van der Waals surface area contributed by atoms with Gasteiger partial charge in [-0.25, -0.2) is 0 Å². The van der Waals surface area contributed by atoms with Crippen LogP contribution in [0.25, 0.3) is 0 Å². The van der Waals surface area contributed by atoms with Crippen molar-refractivity contribution in [1.82, 2.24) is 4.90 Å². The Balaban J connectivity index is 2.20. The van der Waals surface area contributed by atoms with Crippen LogP contribution in [-0.4, -0.2) is 37.1 Å². The molecule has 1 saturated heterocycles. The number of nitriles is 1. The molecule has 5 heteroatoms. The minimum Gasteiger partial charge on any atom is -0.378 e. The van der Waals surface area contributed by atoms with Gasteiger partial charge in [0.25, 0.3) is 5.91 Å². The first-order valence-electron chi connectivity index (χ1n) is 8.05. The predicted molar refractivity (Wildman–Crippen MR) is 89.9 cm³/mol. The number of nitrogens with one attached hydrogen (secondary N) is 1. The van der Waals surface area contributed by atoms with Crippen LogP contribution in [0.15, 0.2) is 30.0 Å². The molecule has 0 bridgehead atoms. The van der Waals surface area contributed by atoms with Crippen LogP contribution in [0.3, 0.4) is 0 Å². The van der Waals surface area contributed by atoms with Crippen molar-refractivity contribution in [3.8, 4) is 6.07 Å². The Morgan fingerprint density at radius 2 is 1.91 bits per heavy atom. The van der Waals surface area contributed by atoms with E-state index in [2.05, 4.69) is 19.2 Å². The predicted octanol–water partition coefficient (Wildman–Crippen LogP) is 2.49. The minimum absolute atomic E-state index is 0.125. The van der Waals surface area contributed by atoms with E-state index in [1.807, 2.05) is 29.2 Å². The summed E-state index contributed by atoms with van der Waals surface area (Å²) in [4.78, 5) is 14.4. The molecule has 0 radical (unpaired) electrons. The summed E-state index contributed by atoms with van der Waals surface area (Å²) in [5, 5.41) is 12.3. The molecule has 1 aliphatic heterocycles. The van der Waals surface area contributed by atoms with Gasteiger partial charge in [-0.2, -0.15) is 5.26 Å². The van der Waals surface area contributed by atoms with E-state index >= 15 is 0 Å². The zero-order valence-electron chi connectivity index (χ0n) is 13.8. The van der Waals surface area contributed by atoms with Crippen LogP contribution < -0.4 is 5.32 Å². The van der Waals surface area contributed by atoms with E-state index in [-0.39, 0.29) is 11.5 Å². The second-order valence-corrected chi connectivity index (χ2v) is 5.42. The van der Waals surface area contributed by atoms with Crippen LogP contribution in [0.1, 0.15) is 25.0 Å². The maximum absolute atomic E-state index is 12.5. The van der Waals surface area contributed by atoms with Gasteiger partial charge in [0.15, 0.2) is 0 Å². The summed E-state index contributed by atoms with van der Waals surface area (Å²) < 4.78 is 5.28. The Bertz CT molecular complexity index is 603. The molecule has 1 aromatic rings. The molecule has 0 spiro atoms. The van der Waals surface area contributed by atoms with Gasteiger partial charge in [0.1, 0.15) is 11.6 Å². The number of benzene rings is 1. The van der Waals surface area contributed by atoms with Crippen LogP contribution in [0.4, 0.5) is 5.69 Å². The lowest BCUT2D eigenvalue weighted by atomic mass is 10.0. The molecule has 0 unspecified atom stereocenters. The Hall–Kier alpha value is -2.32. The van der Waals surface area contributed by atoms with E-state index in [4.69, 9.17) is 4.74 Å². The standard InChI is InChI=1S/C18H23N3O2/c1-3-14-6-5-7-15(4-2)17(14)20-18(22)16(12-19)13-21-8-10-23-11-9-21/h5-7,13H,3-4,8-11H2,1-2H3,(H,20,22)/b16-13-. The molecule has 1 N–H and O–H groups in total. The highest BCUT2D eigenvalue weighted by Gasteiger charge is 2.16. The van der Waals surface area contributed by atoms with Crippen molar-refractivity contribution in [2.24, 2.45) is 0 Å². The summed E-state index contributed by atoms with van der Waals surface area (Å²) in [6.07, 6.45) is 3.30. The van der Waals surface area contributed by atoms with E-state index in [1.54, 1.807) is 6.20 Å². The number of para-hydroxylation sites is 1. The van der Waals surface area contributed by atoms with Crippen molar-refractivity contribution in [2.75, 3.05) is 31.6 Å². The number of morpholine rings is 1. The molecule has 1 amide bonds. The average molecular weight is 313 g/mol. The van der Waals surface area contributed by atoms with Crippen molar-refractivity contribution in [1.29, 1.82) is 5.26 Å². The van der Waals surface area contributed by atoms with Gasteiger partial charge in [-0.05, 0) is 24.0 Å². The highest BCUT2D eigenvalue weighted by atomic mass is 16.5. The number of anilines is 1. The van der Waals surface area contributed by atoms with E-state index < -0.39 is 0 Å². The van der Waals surface area contributed by atoms with E-state index in [0.29, 0.717) is 26.3 Å². The summed E-state index contributed by atoms with van der Waals surface area (Å²) in [5.41, 5.74) is 3.13. The van der Waals surface area contributed by atoms with Gasteiger partial charge in [-0.15, -0.1) is 0 Å². The van der Waals surface area contributed by atoms with Crippen molar-refractivity contribution in [3.05, 3.63) is 41.1 Å². The molecule has 5 nitrogen and oxygen atoms in total. The maximum atomic E-state index is 12.5. The number of ether oxygens (including phenoxy) is 1. The van der Waals surface area contributed by atoms with Gasteiger partial charge in [0.05, 0.1) is 13.2 Å². The smallest absolute Gasteiger partial charge is 0.267 e. The van der Waals surface area contributed by atoms with Crippen LogP contribution >= 0.6 is 0 Å². The largest absolute Gasteiger partial charge is 0.378 e. The second-order valence-electron chi connectivity index (χ2n) is 5.42. The van der Waals surface area contributed by atoms with Gasteiger partial charge < -0.3 is 15.0 Å². The fourth-order valence-corrected chi connectivity index (χ4v) is 2.61. The molecule has 1 aromatic carbocycles. The zero-order valence-corrected chi connectivity index (χ0v) is 13.8. The van der Waals surface area contributed by atoms with E-state index in [9.17, 15) is 10.1 Å². The highest BCUT2D eigenvalue weighted by Crippen LogP contribution is 2.23. The molecule has 0 aliphatic carbocycles. The quantitative estimate of drug-likeness (QED) is 0.670. The Kier molecular flexibility index (Phi) is 6.19. The van der Waals surface area contributed by atoms with Crippen molar-refractivity contribution in [3.63, 3.8) is 0 Å². The second kappa shape index (κ2) is 8.35. The summed E-state index contributed by atoms with van der Waals surface area (Å²) in [7, 11) is 0. The Morgan fingerprint density at radius 3 is 2.43 bits per heavy atom. The number of carbonyl (C=O) groups excluding carboxylic acids is 1. The average Bonchev–Trinajstić information content (AvgIpc) is 2.60. The molecule has 122 valence electrons. The number of hydrogen-bond acceptors (Lipinski definition) is 4. The number of hydrogen-bond donors (Lipinski definition) is 1. The third kappa shape index (κ3) is 4.33. The fraction of sp³-hybridized carbons (Fsp3) is 0.444. The van der Waals surface area contributed by atoms with Crippen LogP contribution in [0, 0.1) is 11.3 Å². The fourth-order valence-electron chi connectivity index (χ4n) is 2.61. The first-order chi connectivity index (χ1) is 11.2. The molecule has 0 atom stereocenters. The lowest BCUT2D eigenvalue weighted by Gasteiger charge is -2.25. The van der Waals surface area contributed by atoms with Crippen molar-refractivity contribution < 1.29 is 9.53 Å². The molecule has 1 aliphatic rings. The molecular weight excluding hydrogens is 290 g/mol. The number of carbonyl (C=O) groups is 1. The van der Waals surface area contributed by atoms with E-state index in [1.165, 1.54) is 0 Å². The zero-order chi connectivity index (χ0) is 16.7. The molecule has 0 aromatic heterocycles. The first-order valence-corrected chi connectivity index (χ1v) is 8.05. The molecule has 23 heavy (non-hydrogen) atoms. The van der Waals surface area contributed by atoms with Gasteiger partial charge in [0.2, 0.25) is 0 Å². The van der Waals surface area contributed by atoms with Gasteiger partial charge >= 0.3 is 0 Å². The monoisotopic (exact) mass is 313 g/mol. The molecular formula is C18H23N3O2. The third-order valence-electron chi connectivity index (χ3n) is 3.96. The van der Waals surface area contributed by atoms with E-state index in [0.717, 1.165) is 29.7 Å². The summed E-state index contributed by atoms with van der Waals surface area (Å²) >= 11 is 0. The topological polar surface area (TPSA) is 65.4 Å². The SMILES string of the molecule is CCc1cccc(CC)c1NC(=O)/C(C#N)=C\N1CCOCC1. The van der Waals surface area contributed by atoms with Crippen molar-refractivity contribution >= 4 is 11.6 Å². The molecule has 2 rings (SSSR count). The lowest BCUT2D eigenvalue weighted by molar-refractivity contribution is -0.112. The summed E-state index contributed by atoms with van der Waals surface area (Å²) in [6.45, 7) is 6.75. The summed E-state index contributed by atoms with van der Waals surface area (Å²) in [6, 6.07) is 8.03. The highest BCUT2D eigenvalue weighted by molar-refractivity contribution is 6.07. The van der Waals surface area contributed by atoms with Gasteiger partial charge in [-0.3, -0.25) is 4.79 Å². The minimum atomic E-state index is -0.352. The van der Waals surface area contributed by atoms with Gasteiger partial charge in [-0.1, -0.05) is 32.0 Å². The number of amides is 1. The normalized spacial score (nSPS) is 15.2. The van der Waals surface area contributed by atoms with Crippen LogP contribution in [-0.2, 0) is 22.4 Å². The maximum Gasteiger partial charge on any atom is 0.267 e. The number of nitrogens with zero attached hydrogens (tertiary/aromatic N) is 2. The number of rotatable bonds is 5. The first kappa shape index (κ1) is 17.0. The molecule has 0 saturated carbocycles. The Labute approximate surface area is 137 Å².